The van der Waals surface area contributed by atoms with Crippen molar-refractivity contribution in [3.05, 3.63) is 5.28 Å². The fraction of sp³-hybridized carbons (Fsp3) is 0.375. The SMILES string of the molecule is COc1nc(Cl)nc(N(CC#N)CC#N)n1. The molecule has 1 aromatic rings. The highest BCUT2D eigenvalue weighted by atomic mass is 35.5. The number of nitriles is 2. The Balaban J connectivity index is 3.04. The molecule has 0 spiro atoms. The van der Waals surface area contributed by atoms with Crippen molar-refractivity contribution in [2.24, 2.45) is 0 Å². The van der Waals surface area contributed by atoms with Crippen molar-refractivity contribution in [3.8, 4) is 18.1 Å². The van der Waals surface area contributed by atoms with Crippen LogP contribution in [0.3, 0.4) is 0 Å². The number of ether oxygens (including phenoxy) is 1. The third kappa shape index (κ3) is 2.94. The van der Waals surface area contributed by atoms with E-state index in [-0.39, 0.29) is 30.3 Å². The van der Waals surface area contributed by atoms with Crippen molar-refractivity contribution in [3.63, 3.8) is 0 Å². The van der Waals surface area contributed by atoms with Gasteiger partial charge >= 0.3 is 6.01 Å². The van der Waals surface area contributed by atoms with Gasteiger partial charge in [-0.15, -0.1) is 0 Å². The molecule has 8 heteroatoms. The van der Waals surface area contributed by atoms with Gasteiger partial charge in [0.25, 0.3) is 0 Å². The van der Waals surface area contributed by atoms with E-state index in [4.69, 9.17) is 26.9 Å². The average Bonchev–Trinajstić information content (AvgIpc) is 2.28. The third-order valence-corrected chi connectivity index (χ3v) is 1.73. The maximum atomic E-state index is 8.58. The summed E-state index contributed by atoms with van der Waals surface area (Å²) < 4.78 is 4.80. The summed E-state index contributed by atoms with van der Waals surface area (Å²) in [5.74, 6) is 0.139. The molecule has 0 N–H and O–H groups in total. The number of rotatable bonds is 4. The minimum absolute atomic E-state index is 0.0168. The zero-order chi connectivity index (χ0) is 12.0. The molecule has 82 valence electrons. The Labute approximate surface area is 96.9 Å². The lowest BCUT2D eigenvalue weighted by Gasteiger charge is -2.15. The van der Waals surface area contributed by atoms with E-state index >= 15 is 0 Å². The number of methoxy groups -OCH3 is 1. The zero-order valence-corrected chi connectivity index (χ0v) is 9.14. The highest BCUT2D eigenvalue weighted by Crippen LogP contribution is 2.14. The fourth-order valence-corrected chi connectivity index (χ4v) is 1.07. The van der Waals surface area contributed by atoms with Gasteiger partial charge in [0, 0.05) is 0 Å². The summed E-state index contributed by atoms with van der Waals surface area (Å²) in [5, 5.41) is 17.1. The van der Waals surface area contributed by atoms with Crippen LogP contribution in [-0.4, -0.2) is 35.2 Å². The molecule has 0 amide bonds. The molecule has 0 unspecified atom stereocenters. The van der Waals surface area contributed by atoms with Crippen LogP contribution in [0.15, 0.2) is 0 Å². The third-order valence-electron chi connectivity index (χ3n) is 1.56. The lowest BCUT2D eigenvalue weighted by atomic mass is 10.5. The molecule has 0 radical (unpaired) electrons. The van der Waals surface area contributed by atoms with Crippen LogP contribution in [0.2, 0.25) is 5.28 Å². The summed E-state index contributed by atoms with van der Waals surface area (Å²) >= 11 is 5.64. The van der Waals surface area contributed by atoms with Gasteiger partial charge in [0.1, 0.15) is 13.1 Å². The predicted octanol–water partition coefficient (Wildman–Crippen LogP) is 0.387. The Bertz CT molecular complexity index is 435. The van der Waals surface area contributed by atoms with E-state index in [2.05, 4.69) is 15.0 Å². The highest BCUT2D eigenvalue weighted by molar-refractivity contribution is 6.28. The zero-order valence-electron chi connectivity index (χ0n) is 8.38. The Morgan fingerprint density at radius 3 is 2.38 bits per heavy atom. The molecule has 0 aliphatic heterocycles. The first kappa shape index (κ1) is 12.0. The summed E-state index contributed by atoms with van der Waals surface area (Å²) in [6, 6.07) is 3.83. The molecule has 0 atom stereocenters. The number of hydrogen-bond acceptors (Lipinski definition) is 7. The van der Waals surface area contributed by atoms with Crippen LogP contribution in [0.4, 0.5) is 5.95 Å². The minimum atomic E-state index is -0.0530. The number of anilines is 1. The molecule has 0 aliphatic rings. The van der Waals surface area contributed by atoms with E-state index in [1.807, 2.05) is 12.1 Å². The fourth-order valence-electron chi connectivity index (χ4n) is 0.923. The van der Waals surface area contributed by atoms with Gasteiger partial charge in [-0.25, -0.2) is 0 Å². The lowest BCUT2D eigenvalue weighted by molar-refractivity contribution is 0.378. The van der Waals surface area contributed by atoms with Gasteiger partial charge in [-0.2, -0.15) is 25.5 Å². The van der Waals surface area contributed by atoms with Gasteiger partial charge in [0.05, 0.1) is 19.2 Å². The number of nitrogens with zero attached hydrogens (tertiary/aromatic N) is 6. The van der Waals surface area contributed by atoms with Crippen LogP contribution in [0.5, 0.6) is 6.01 Å². The summed E-state index contributed by atoms with van der Waals surface area (Å²) in [4.78, 5) is 12.7. The second-order valence-corrected chi connectivity index (χ2v) is 2.90. The van der Waals surface area contributed by atoms with Gasteiger partial charge in [0.15, 0.2) is 0 Å². The summed E-state index contributed by atoms with van der Waals surface area (Å²) in [6.45, 7) is -0.0336. The van der Waals surface area contributed by atoms with Gasteiger partial charge in [-0.3, -0.25) is 0 Å². The van der Waals surface area contributed by atoms with E-state index in [1.54, 1.807) is 0 Å². The molecular weight excluding hydrogens is 232 g/mol. The van der Waals surface area contributed by atoms with E-state index in [1.165, 1.54) is 12.0 Å². The Morgan fingerprint density at radius 2 is 1.88 bits per heavy atom. The molecule has 1 rings (SSSR count). The molecule has 0 saturated carbocycles. The summed E-state index contributed by atoms with van der Waals surface area (Å²) in [7, 11) is 1.38. The van der Waals surface area contributed by atoms with Crippen LogP contribution in [0.1, 0.15) is 0 Å². The van der Waals surface area contributed by atoms with Crippen molar-refractivity contribution < 1.29 is 4.74 Å². The highest BCUT2D eigenvalue weighted by Gasteiger charge is 2.12. The monoisotopic (exact) mass is 238 g/mol. The maximum Gasteiger partial charge on any atom is 0.322 e. The smallest absolute Gasteiger partial charge is 0.322 e. The molecule has 0 aromatic carbocycles. The second-order valence-electron chi connectivity index (χ2n) is 2.56. The van der Waals surface area contributed by atoms with Crippen LogP contribution in [-0.2, 0) is 0 Å². The normalized spacial score (nSPS) is 9.00. The molecule has 0 fully saturated rings. The van der Waals surface area contributed by atoms with Crippen LogP contribution in [0, 0.1) is 22.7 Å². The molecule has 0 saturated heterocycles. The van der Waals surface area contributed by atoms with Gasteiger partial charge in [-0.1, -0.05) is 0 Å². The molecule has 7 nitrogen and oxygen atoms in total. The summed E-state index contributed by atoms with van der Waals surface area (Å²) in [5.41, 5.74) is 0. The Kier molecular flexibility index (Phi) is 4.25. The molecule has 1 heterocycles. The Morgan fingerprint density at radius 1 is 1.25 bits per heavy atom. The molecule has 0 aliphatic carbocycles. The summed E-state index contributed by atoms with van der Waals surface area (Å²) in [6.07, 6.45) is 0. The van der Waals surface area contributed by atoms with E-state index < -0.39 is 0 Å². The van der Waals surface area contributed by atoms with E-state index in [0.29, 0.717) is 0 Å². The molecule has 0 bridgehead atoms. The quantitative estimate of drug-likeness (QED) is 0.700. The first-order valence-corrected chi connectivity index (χ1v) is 4.53. The van der Waals surface area contributed by atoms with Crippen molar-refractivity contribution in [1.29, 1.82) is 10.5 Å². The van der Waals surface area contributed by atoms with Gasteiger partial charge in [0.2, 0.25) is 11.2 Å². The maximum absolute atomic E-state index is 8.58. The van der Waals surface area contributed by atoms with Crippen LogP contribution < -0.4 is 9.64 Å². The topological polar surface area (TPSA) is 98.7 Å². The first-order chi connectivity index (χ1) is 7.71. The van der Waals surface area contributed by atoms with Crippen LogP contribution in [0.25, 0.3) is 0 Å². The van der Waals surface area contributed by atoms with Gasteiger partial charge in [-0.05, 0) is 11.6 Å². The van der Waals surface area contributed by atoms with Crippen molar-refractivity contribution >= 4 is 17.5 Å². The van der Waals surface area contributed by atoms with Crippen LogP contribution >= 0.6 is 11.6 Å². The average molecular weight is 239 g/mol. The van der Waals surface area contributed by atoms with Crippen molar-refractivity contribution in [2.75, 3.05) is 25.1 Å². The first-order valence-electron chi connectivity index (χ1n) is 4.15. The molecule has 16 heavy (non-hydrogen) atoms. The molecule has 1 aromatic heterocycles. The lowest BCUT2D eigenvalue weighted by Crippen LogP contribution is -2.26. The predicted molar refractivity (Wildman–Crippen MR) is 54.8 cm³/mol. The van der Waals surface area contributed by atoms with Crippen molar-refractivity contribution in [1.82, 2.24) is 15.0 Å². The minimum Gasteiger partial charge on any atom is -0.467 e. The Hall–Kier alpha value is -2.12. The van der Waals surface area contributed by atoms with E-state index in [0.717, 1.165) is 0 Å². The number of halogens is 1. The van der Waals surface area contributed by atoms with Gasteiger partial charge < -0.3 is 9.64 Å². The number of hydrogen-bond donors (Lipinski definition) is 0. The van der Waals surface area contributed by atoms with Crippen molar-refractivity contribution in [2.45, 2.75) is 0 Å². The second kappa shape index (κ2) is 5.69. The largest absolute Gasteiger partial charge is 0.467 e. The van der Waals surface area contributed by atoms with E-state index in [9.17, 15) is 0 Å². The number of aromatic nitrogens is 3. The standard InChI is InChI=1S/C8H7ClN6O/c1-16-8-13-6(9)12-7(14-8)15(4-2-10)5-3-11/h4-5H2,1H3. The molecular formula is C8H7ClN6O.